The molecule has 9 nitrogen and oxygen atoms in total. The highest BCUT2D eigenvalue weighted by molar-refractivity contribution is 6.00. The number of nitrogens with two attached hydrogens (primary N) is 1. The number of H-pyrrole nitrogens is 1. The van der Waals surface area contributed by atoms with E-state index >= 15 is 0 Å². The van der Waals surface area contributed by atoms with E-state index in [0.29, 0.717) is 5.69 Å². The van der Waals surface area contributed by atoms with Gasteiger partial charge in [-0.2, -0.15) is 23.3 Å². The lowest BCUT2D eigenvalue weighted by Gasteiger charge is -2.34. The number of halogens is 3. The molecule has 2 aliphatic rings. The smallest absolute Gasteiger partial charge is 0.369 e. The molecule has 0 atom stereocenters. The number of anilines is 3. The Bertz CT molecular complexity index is 1590. The average Bonchev–Trinajstić information content (AvgIpc) is 3.61. The zero-order chi connectivity index (χ0) is 28.6. The van der Waals surface area contributed by atoms with Crippen LogP contribution in [0.2, 0.25) is 0 Å². The van der Waals surface area contributed by atoms with Crippen molar-refractivity contribution in [2.45, 2.75) is 6.18 Å². The minimum Gasteiger partial charge on any atom is -0.369 e. The molecular weight excluding hydrogens is 533 g/mol. The van der Waals surface area contributed by atoms with Gasteiger partial charge in [-0.3, -0.25) is 10.4 Å². The summed E-state index contributed by atoms with van der Waals surface area (Å²) in [6.07, 6.45) is -4.43. The maximum absolute atomic E-state index is 12.7. The molecule has 4 aromatic rings. The van der Waals surface area contributed by atoms with Gasteiger partial charge in [0.15, 0.2) is 5.69 Å². The zero-order valence-electron chi connectivity index (χ0n) is 22.2. The highest BCUT2D eigenvalue weighted by Gasteiger charge is 2.30. The van der Waals surface area contributed by atoms with Crippen molar-refractivity contribution in [1.82, 2.24) is 15.1 Å². The van der Waals surface area contributed by atoms with Crippen molar-refractivity contribution >= 4 is 40.3 Å². The number of rotatable bonds is 5. The Hall–Kier alpha value is -4.68. The van der Waals surface area contributed by atoms with Crippen LogP contribution in [0.1, 0.15) is 11.3 Å². The van der Waals surface area contributed by atoms with Crippen LogP contribution in [0.4, 0.5) is 46.4 Å². The molecule has 0 saturated carbocycles. The summed E-state index contributed by atoms with van der Waals surface area (Å²) < 4.78 is 38.2. The van der Waals surface area contributed by atoms with Crippen LogP contribution < -0.4 is 20.9 Å². The lowest BCUT2D eigenvalue weighted by molar-refractivity contribution is -0.437. The van der Waals surface area contributed by atoms with Crippen molar-refractivity contribution in [3.05, 3.63) is 84.1 Å². The monoisotopic (exact) mass is 561 g/mol. The van der Waals surface area contributed by atoms with Crippen LogP contribution >= 0.6 is 0 Å². The number of urea groups is 1. The third-order valence-electron chi connectivity index (χ3n) is 7.18. The molecular formula is C29H28F3N8O+. The van der Waals surface area contributed by atoms with Crippen LogP contribution in [0.15, 0.2) is 77.8 Å². The summed E-state index contributed by atoms with van der Waals surface area (Å²) in [5, 5.41) is 14.8. The summed E-state index contributed by atoms with van der Waals surface area (Å²) >= 11 is 0. The van der Waals surface area contributed by atoms with Crippen molar-refractivity contribution in [2.24, 2.45) is 4.99 Å². The van der Waals surface area contributed by atoms with Crippen molar-refractivity contribution in [2.75, 3.05) is 48.8 Å². The van der Waals surface area contributed by atoms with Gasteiger partial charge in [-0.15, -0.1) is 0 Å². The Labute approximate surface area is 234 Å². The summed E-state index contributed by atoms with van der Waals surface area (Å²) in [6, 6.07) is 19.1. The second-order valence-electron chi connectivity index (χ2n) is 10.1. The molecule has 0 spiro atoms. The van der Waals surface area contributed by atoms with Gasteiger partial charge in [-0.25, -0.2) is 4.79 Å². The van der Waals surface area contributed by atoms with Gasteiger partial charge in [-0.05, 0) is 61.6 Å². The fourth-order valence-corrected chi connectivity index (χ4v) is 4.83. The summed E-state index contributed by atoms with van der Waals surface area (Å²) in [6.45, 7) is 4.11. The molecule has 0 unspecified atom stereocenters. The first-order valence-electron chi connectivity index (χ1n) is 13.1. The Balaban J connectivity index is 1.06. The predicted molar refractivity (Wildman–Crippen MR) is 152 cm³/mol. The molecule has 2 amide bonds. The van der Waals surface area contributed by atoms with E-state index in [2.05, 4.69) is 61.2 Å². The summed E-state index contributed by atoms with van der Waals surface area (Å²) in [5.74, 6) is 0.813. The molecule has 2 aliphatic heterocycles. The number of likely N-dealkylation sites (N-methyl/N-ethyl adjacent to an activating group) is 1. The van der Waals surface area contributed by atoms with Gasteiger partial charge in [0.05, 0.1) is 11.3 Å². The summed E-state index contributed by atoms with van der Waals surface area (Å²) in [5.41, 5.74) is 5.58. The second-order valence-corrected chi connectivity index (χ2v) is 10.1. The number of fused-ring (bicyclic) bond motifs is 1. The summed E-state index contributed by atoms with van der Waals surface area (Å²) in [4.78, 5) is 21.8. The topological polar surface area (TPSA) is 105 Å². The van der Waals surface area contributed by atoms with Gasteiger partial charge >= 0.3 is 12.2 Å². The molecule has 41 heavy (non-hydrogen) atoms. The number of carbonyl (C=O) groups is 1. The molecule has 1 saturated heterocycles. The first kappa shape index (κ1) is 26.5. The quantitative estimate of drug-likeness (QED) is 0.263. The molecule has 3 heterocycles. The fourth-order valence-electron chi connectivity index (χ4n) is 4.83. The fraction of sp³-hybridized carbons (Fsp3) is 0.207. The van der Waals surface area contributed by atoms with E-state index in [0.717, 1.165) is 72.5 Å². The van der Waals surface area contributed by atoms with Crippen molar-refractivity contribution < 1.29 is 23.3 Å². The first-order chi connectivity index (χ1) is 19.7. The van der Waals surface area contributed by atoms with E-state index in [-0.39, 0.29) is 5.69 Å². The highest BCUT2D eigenvalue weighted by Crippen LogP contribution is 2.31. The van der Waals surface area contributed by atoms with E-state index < -0.39 is 17.8 Å². The van der Waals surface area contributed by atoms with Crippen LogP contribution in [0.3, 0.4) is 0 Å². The Morgan fingerprint density at radius 1 is 0.902 bits per heavy atom. The average molecular weight is 562 g/mol. The lowest BCUT2D eigenvalue weighted by atomic mass is 10.1. The number of aliphatic imine (C=N–C) groups is 1. The number of nitrogens with one attached hydrogen (secondary N) is 3. The van der Waals surface area contributed by atoms with Crippen LogP contribution in [-0.2, 0) is 6.18 Å². The molecule has 0 radical (unpaired) electrons. The Morgan fingerprint density at radius 3 is 2.22 bits per heavy atom. The maximum Gasteiger partial charge on any atom is 0.416 e. The molecule has 0 aliphatic carbocycles. The zero-order valence-corrected chi connectivity index (χ0v) is 22.2. The number of aromatic amines is 1. The predicted octanol–water partition coefficient (Wildman–Crippen LogP) is 4.78. The lowest BCUT2D eigenvalue weighted by Crippen LogP contribution is -2.80. The van der Waals surface area contributed by atoms with Gasteiger partial charge in [-0.1, -0.05) is 12.1 Å². The molecule has 6 rings (SSSR count). The van der Waals surface area contributed by atoms with Gasteiger partial charge < -0.3 is 20.4 Å². The molecule has 5 N–H and O–H groups in total. The van der Waals surface area contributed by atoms with E-state index in [1.54, 1.807) is 12.1 Å². The number of piperazine rings is 1. The molecule has 1 fully saturated rings. The number of benzene rings is 3. The number of hydrogen-bond acceptors (Lipinski definition) is 5. The van der Waals surface area contributed by atoms with Gasteiger partial charge in [0.1, 0.15) is 11.4 Å². The van der Waals surface area contributed by atoms with Crippen molar-refractivity contribution in [3.8, 4) is 11.3 Å². The van der Waals surface area contributed by atoms with Crippen LogP contribution in [0, 0.1) is 0 Å². The van der Waals surface area contributed by atoms with Gasteiger partial charge in [0.2, 0.25) is 0 Å². The van der Waals surface area contributed by atoms with E-state index in [1.165, 1.54) is 17.8 Å². The second kappa shape index (κ2) is 10.7. The normalized spacial score (nSPS) is 15.4. The number of hydrogen-bond donors (Lipinski definition) is 4. The Morgan fingerprint density at radius 2 is 1.56 bits per heavy atom. The number of amides is 2. The number of amidine groups is 1. The standard InChI is InChI=1S/C29H27F3N8O/c1-39-12-14-40(15-13-39)22-10-11-23-25(16-22)36-27(35-23)26-17-24(37-38-26)18-2-6-20(7-3-18)33-28(41)34-21-8-4-19(5-9-21)29(30,31)32/h2-11,16-17H,12-15H2,1H3,(H,35,36)(H,37,38)(H2,33,34,41)/p+1. The Kier molecular flexibility index (Phi) is 6.93. The highest BCUT2D eigenvalue weighted by atomic mass is 19.4. The SMILES string of the molecule is CN1CCN(c2ccc3c(c2)[NH2+]C(c2cc(-c4ccc(NC(=O)Nc5ccc(C(F)(F)F)cc5)cc4)n[nH]2)=N3)CC1. The molecule has 0 bridgehead atoms. The number of nitrogens with zero attached hydrogens (tertiary/aromatic N) is 4. The van der Waals surface area contributed by atoms with Crippen molar-refractivity contribution in [1.29, 1.82) is 0 Å². The van der Waals surface area contributed by atoms with Gasteiger partial charge in [0, 0.05) is 54.9 Å². The molecule has 210 valence electrons. The minimum absolute atomic E-state index is 0.250. The van der Waals surface area contributed by atoms with Crippen LogP contribution in [-0.4, -0.2) is 60.2 Å². The number of alkyl halides is 3. The van der Waals surface area contributed by atoms with Crippen LogP contribution in [0.5, 0.6) is 0 Å². The van der Waals surface area contributed by atoms with Gasteiger partial charge in [0.25, 0.3) is 5.84 Å². The molecule has 3 aromatic carbocycles. The number of carbonyl (C=O) groups excluding carboxylic acids is 1. The number of quaternary nitrogens is 1. The third-order valence-corrected chi connectivity index (χ3v) is 7.18. The van der Waals surface area contributed by atoms with Crippen molar-refractivity contribution in [3.63, 3.8) is 0 Å². The largest absolute Gasteiger partial charge is 0.416 e. The maximum atomic E-state index is 12.7. The van der Waals surface area contributed by atoms with Crippen LogP contribution in [0.25, 0.3) is 11.3 Å². The molecule has 1 aromatic heterocycles. The first-order valence-corrected chi connectivity index (χ1v) is 13.1. The summed E-state index contributed by atoms with van der Waals surface area (Å²) in [7, 11) is 2.15. The molecule has 12 heteroatoms. The van der Waals surface area contributed by atoms with E-state index in [9.17, 15) is 18.0 Å². The number of aromatic nitrogens is 2. The van der Waals surface area contributed by atoms with E-state index in [4.69, 9.17) is 4.99 Å². The van der Waals surface area contributed by atoms with E-state index in [1.807, 2.05) is 18.2 Å². The minimum atomic E-state index is -4.43. The third kappa shape index (κ3) is 5.93.